The van der Waals surface area contributed by atoms with E-state index < -0.39 is 0 Å². The van der Waals surface area contributed by atoms with Crippen molar-refractivity contribution in [3.05, 3.63) is 63.5 Å². The van der Waals surface area contributed by atoms with Crippen LogP contribution in [0.3, 0.4) is 0 Å². The summed E-state index contributed by atoms with van der Waals surface area (Å²) in [5, 5.41) is 5.53. The molecule has 1 aromatic carbocycles. The molecule has 0 aliphatic carbocycles. The number of thiazole rings is 1. The van der Waals surface area contributed by atoms with Gasteiger partial charge in [-0.25, -0.2) is 14.4 Å². The van der Waals surface area contributed by atoms with E-state index in [9.17, 15) is 4.39 Å². The summed E-state index contributed by atoms with van der Waals surface area (Å²) in [7, 11) is 0. The highest BCUT2D eigenvalue weighted by atomic mass is 32.1. The van der Waals surface area contributed by atoms with E-state index in [2.05, 4.69) is 17.0 Å². The second-order valence-corrected chi connectivity index (χ2v) is 8.50. The molecule has 3 aromatic heterocycles. The lowest BCUT2D eigenvalue weighted by Crippen LogP contribution is -2.06. The Morgan fingerprint density at radius 3 is 2.93 bits per heavy atom. The molecule has 1 aliphatic heterocycles. The fourth-order valence-electron chi connectivity index (χ4n) is 3.87. The SMILES string of the molecule is CCn1ncc2c1-c1cnc(N)c(c1)OCc1cc(F)ccc1-c1nc(C)sc1C2. The molecular formula is C22H20FN5OS. The number of aryl methyl sites for hydroxylation is 2. The van der Waals surface area contributed by atoms with Crippen molar-refractivity contribution >= 4 is 17.2 Å². The summed E-state index contributed by atoms with van der Waals surface area (Å²) in [5.41, 5.74) is 11.5. The molecule has 6 nitrogen and oxygen atoms in total. The molecule has 4 aromatic rings. The predicted molar refractivity (Wildman–Crippen MR) is 115 cm³/mol. The quantitative estimate of drug-likeness (QED) is 0.486. The highest BCUT2D eigenvalue weighted by molar-refractivity contribution is 7.12. The number of pyridine rings is 1. The first kappa shape index (κ1) is 18.7. The number of nitrogens with zero attached hydrogens (tertiary/aromatic N) is 4. The molecule has 0 saturated carbocycles. The molecule has 2 N–H and O–H groups in total. The van der Waals surface area contributed by atoms with Gasteiger partial charge in [0.25, 0.3) is 0 Å². The minimum Gasteiger partial charge on any atom is -0.485 e. The minimum absolute atomic E-state index is 0.165. The van der Waals surface area contributed by atoms with Crippen molar-refractivity contribution in [1.29, 1.82) is 0 Å². The van der Waals surface area contributed by atoms with E-state index in [1.807, 2.05) is 23.9 Å². The summed E-state index contributed by atoms with van der Waals surface area (Å²) >= 11 is 1.65. The molecule has 8 heteroatoms. The molecule has 0 fully saturated rings. The second kappa shape index (κ2) is 7.21. The summed E-state index contributed by atoms with van der Waals surface area (Å²) in [6, 6.07) is 6.61. The van der Waals surface area contributed by atoms with E-state index >= 15 is 0 Å². The maximum absolute atomic E-state index is 14.0. The van der Waals surface area contributed by atoms with Crippen LogP contribution in [0.15, 0.2) is 36.7 Å². The summed E-state index contributed by atoms with van der Waals surface area (Å²) in [4.78, 5) is 10.2. The van der Waals surface area contributed by atoms with Crippen molar-refractivity contribution in [3.8, 4) is 28.3 Å². The Balaban J connectivity index is 1.78. The van der Waals surface area contributed by atoms with Crippen LogP contribution < -0.4 is 10.5 Å². The van der Waals surface area contributed by atoms with E-state index in [0.29, 0.717) is 18.0 Å². The van der Waals surface area contributed by atoms with Crippen molar-refractivity contribution in [2.45, 2.75) is 33.4 Å². The third kappa shape index (κ3) is 3.13. The highest BCUT2D eigenvalue weighted by Crippen LogP contribution is 2.37. The van der Waals surface area contributed by atoms with E-state index in [4.69, 9.17) is 15.5 Å². The van der Waals surface area contributed by atoms with E-state index in [1.54, 1.807) is 23.6 Å². The number of halogens is 1. The first-order valence-corrected chi connectivity index (χ1v) is 10.5. The number of fused-ring (bicyclic) bond motifs is 7. The van der Waals surface area contributed by atoms with Gasteiger partial charge < -0.3 is 10.5 Å². The monoisotopic (exact) mass is 421 g/mol. The van der Waals surface area contributed by atoms with Crippen LogP contribution >= 0.6 is 11.3 Å². The number of rotatable bonds is 1. The summed E-state index contributed by atoms with van der Waals surface area (Å²) in [5.74, 6) is 0.445. The highest BCUT2D eigenvalue weighted by Gasteiger charge is 2.22. The van der Waals surface area contributed by atoms with Crippen LogP contribution in [0.25, 0.3) is 22.5 Å². The van der Waals surface area contributed by atoms with Crippen LogP contribution in [0, 0.1) is 12.7 Å². The van der Waals surface area contributed by atoms with Crippen molar-refractivity contribution in [2.24, 2.45) is 0 Å². The van der Waals surface area contributed by atoms with Gasteiger partial charge >= 0.3 is 0 Å². The number of nitrogens with two attached hydrogens (primary N) is 1. The molecule has 2 bridgehead atoms. The molecule has 30 heavy (non-hydrogen) atoms. The van der Waals surface area contributed by atoms with E-state index in [-0.39, 0.29) is 12.4 Å². The van der Waals surface area contributed by atoms with Crippen LogP contribution in [0.2, 0.25) is 0 Å². The Morgan fingerprint density at radius 2 is 2.10 bits per heavy atom. The summed E-state index contributed by atoms with van der Waals surface area (Å²) in [6.45, 7) is 4.93. The van der Waals surface area contributed by atoms with Gasteiger partial charge in [0.05, 0.1) is 22.6 Å². The van der Waals surface area contributed by atoms with Crippen molar-refractivity contribution in [3.63, 3.8) is 0 Å². The Kier molecular flexibility index (Phi) is 4.51. The maximum Gasteiger partial charge on any atom is 0.166 e. The topological polar surface area (TPSA) is 78.9 Å². The molecule has 0 atom stereocenters. The molecule has 5 rings (SSSR count). The molecule has 0 amide bonds. The van der Waals surface area contributed by atoms with Gasteiger partial charge in [-0.1, -0.05) is 0 Å². The van der Waals surface area contributed by atoms with Gasteiger partial charge in [-0.3, -0.25) is 4.68 Å². The third-order valence-electron chi connectivity index (χ3n) is 5.23. The smallest absolute Gasteiger partial charge is 0.166 e. The van der Waals surface area contributed by atoms with Gasteiger partial charge in [0.15, 0.2) is 11.6 Å². The third-order valence-corrected chi connectivity index (χ3v) is 6.20. The number of anilines is 1. The first-order valence-electron chi connectivity index (χ1n) is 9.72. The van der Waals surface area contributed by atoms with Crippen molar-refractivity contribution in [1.82, 2.24) is 19.7 Å². The Morgan fingerprint density at radius 1 is 1.23 bits per heavy atom. The first-order chi connectivity index (χ1) is 14.5. The van der Waals surface area contributed by atoms with Crippen LogP contribution in [-0.2, 0) is 19.6 Å². The number of benzene rings is 1. The molecule has 0 radical (unpaired) electrons. The molecule has 152 valence electrons. The van der Waals surface area contributed by atoms with Gasteiger partial charge in [0, 0.05) is 46.3 Å². The van der Waals surface area contributed by atoms with Crippen molar-refractivity contribution in [2.75, 3.05) is 5.73 Å². The fourth-order valence-corrected chi connectivity index (χ4v) is 4.84. The molecule has 0 unspecified atom stereocenters. The lowest BCUT2D eigenvalue weighted by Gasteiger charge is -2.16. The molecule has 1 aliphatic rings. The number of nitrogen functional groups attached to an aromatic ring is 1. The van der Waals surface area contributed by atoms with Gasteiger partial charge in [0.1, 0.15) is 12.4 Å². The normalized spacial score (nSPS) is 12.8. The Labute approximate surface area is 177 Å². The van der Waals surface area contributed by atoms with Gasteiger partial charge in [-0.15, -0.1) is 11.3 Å². The Bertz CT molecular complexity index is 1260. The second-order valence-electron chi connectivity index (χ2n) is 7.21. The average molecular weight is 422 g/mol. The standard InChI is InChI=1S/C22H20FN5OS/c1-3-28-21-13-7-18(22(24)25-9-13)29-11-15-6-16(23)4-5-17(15)20-19(30-12(2)27-20)8-14(21)10-26-28/h4-7,9-10H,3,8,11H2,1-2H3,(H2,24,25). The zero-order valence-corrected chi connectivity index (χ0v) is 17.5. The fraction of sp³-hybridized carbons (Fsp3) is 0.227. The molecular weight excluding hydrogens is 401 g/mol. The average Bonchev–Trinajstić information content (AvgIpc) is 3.30. The zero-order valence-electron chi connectivity index (χ0n) is 16.6. The predicted octanol–water partition coefficient (Wildman–Crippen LogP) is 4.60. The number of hydrogen-bond acceptors (Lipinski definition) is 6. The maximum atomic E-state index is 14.0. The molecule has 4 heterocycles. The largest absolute Gasteiger partial charge is 0.485 e. The van der Waals surface area contributed by atoms with Crippen LogP contribution in [0.5, 0.6) is 5.75 Å². The van der Waals surface area contributed by atoms with Crippen molar-refractivity contribution < 1.29 is 9.13 Å². The van der Waals surface area contributed by atoms with Crippen LogP contribution in [-0.4, -0.2) is 19.7 Å². The van der Waals surface area contributed by atoms with E-state index in [0.717, 1.165) is 50.1 Å². The van der Waals surface area contributed by atoms with Gasteiger partial charge in [-0.05, 0) is 38.1 Å². The van der Waals surface area contributed by atoms with Crippen LogP contribution in [0.4, 0.5) is 10.2 Å². The van der Waals surface area contributed by atoms with Gasteiger partial charge in [-0.2, -0.15) is 5.10 Å². The minimum atomic E-state index is -0.315. The number of ether oxygens (including phenoxy) is 1. The Hall–Kier alpha value is -3.26. The molecule has 0 spiro atoms. The summed E-state index contributed by atoms with van der Waals surface area (Å²) in [6.07, 6.45) is 4.31. The number of hydrogen-bond donors (Lipinski definition) is 1. The zero-order chi connectivity index (χ0) is 20.8. The van der Waals surface area contributed by atoms with E-state index in [1.165, 1.54) is 12.1 Å². The van der Waals surface area contributed by atoms with Crippen LogP contribution in [0.1, 0.15) is 27.9 Å². The number of aromatic nitrogens is 4. The summed E-state index contributed by atoms with van der Waals surface area (Å²) < 4.78 is 22.0. The molecule has 0 saturated heterocycles. The van der Waals surface area contributed by atoms with Gasteiger partial charge in [0.2, 0.25) is 0 Å². The lowest BCUT2D eigenvalue weighted by molar-refractivity contribution is 0.307. The lowest BCUT2D eigenvalue weighted by atomic mass is 10.00.